The van der Waals surface area contributed by atoms with E-state index in [0.717, 1.165) is 0 Å². The molecule has 4 nitrogen and oxygen atoms in total. The first-order valence-corrected chi connectivity index (χ1v) is 5.12. The summed E-state index contributed by atoms with van der Waals surface area (Å²) in [6, 6.07) is 2.48. The molecule has 7 heteroatoms. The molecule has 0 spiro atoms. The van der Waals surface area contributed by atoms with Gasteiger partial charge in [0, 0.05) is 5.56 Å². The van der Waals surface area contributed by atoms with E-state index in [9.17, 15) is 22.8 Å². The van der Waals surface area contributed by atoms with Gasteiger partial charge in [0.2, 0.25) is 0 Å². The maximum absolute atomic E-state index is 12.6. The number of nitrogens with zero attached hydrogens (tertiary/aromatic N) is 1. The third-order valence-corrected chi connectivity index (χ3v) is 2.24. The SMILES string of the molecule is CCOC(=O)c1cc(C(F)(F)F)cc(C#N)c1C=O. The van der Waals surface area contributed by atoms with Crippen LogP contribution in [0.25, 0.3) is 0 Å². The third kappa shape index (κ3) is 3.10. The molecule has 0 saturated heterocycles. The summed E-state index contributed by atoms with van der Waals surface area (Å²) in [5.41, 5.74) is -2.68. The first-order valence-electron chi connectivity index (χ1n) is 5.12. The fraction of sp³-hybridized carbons (Fsp3) is 0.250. The fourth-order valence-electron chi connectivity index (χ4n) is 1.41. The van der Waals surface area contributed by atoms with Crippen LogP contribution in [0.4, 0.5) is 13.2 Å². The molecule has 0 bridgehead atoms. The molecule has 0 N–H and O–H groups in total. The average molecular weight is 271 g/mol. The second kappa shape index (κ2) is 5.52. The molecular weight excluding hydrogens is 263 g/mol. The Hall–Kier alpha value is -2.36. The van der Waals surface area contributed by atoms with Crippen LogP contribution < -0.4 is 0 Å². The summed E-state index contributed by atoms with van der Waals surface area (Å²) >= 11 is 0. The highest BCUT2D eigenvalue weighted by molar-refractivity contribution is 6.00. The minimum Gasteiger partial charge on any atom is -0.462 e. The monoisotopic (exact) mass is 271 g/mol. The van der Waals surface area contributed by atoms with Crippen molar-refractivity contribution >= 4 is 12.3 Å². The Bertz CT molecular complexity index is 559. The molecule has 0 aromatic heterocycles. The highest BCUT2D eigenvalue weighted by Crippen LogP contribution is 2.32. The number of aldehydes is 1. The Morgan fingerprint density at radius 1 is 1.47 bits per heavy atom. The Kier molecular flexibility index (Phi) is 4.27. The Labute approximate surface area is 106 Å². The molecule has 0 radical (unpaired) electrons. The van der Waals surface area contributed by atoms with Crippen LogP contribution in [-0.4, -0.2) is 18.9 Å². The second-order valence-electron chi connectivity index (χ2n) is 3.43. The van der Waals surface area contributed by atoms with Crippen molar-refractivity contribution in [3.05, 3.63) is 34.4 Å². The van der Waals surface area contributed by atoms with Gasteiger partial charge in [-0.05, 0) is 19.1 Å². The van der Waals surface area contributed by atoms with Crippen LogP contribution in [0.3, 0.4) is 0 Å². The minimum atomic E-state index is -4.73. The van der Waals surface area contributed by atoms with Gasteiger partial charge in [-0.2, -0.15) is 18.4 Å². The van der Waals surface area contributed by atoms with Crippen LogP contribution in [0.1, 0.15) is 38.8 Å². The van der Waals surface area contributed by atoms with E-state index in [1.165, 1.54) is 13.0 Å². The van der Waals surface area contributed by atoms with Gasteiger partial charge >= 0.3 is 12.1 Å². The van der Waals surface area contributed by atoms with Crippen molar-refractivity contribution in [2.24, 2.45) is 0 Å². The summed E-state index contributed by atoms with van der Waals surface area (Å²) < 4.78 is 42.4. The van der Waals surface area contributed by atoms with E-state index in [2.05, 4.69) is 4.74 Å². The maximum atomic E-state index is 12.6. The summed E-state index contributed by atoms with van der Waals surface area (Å²) in [5, 5.41) is 8.75. The number of carbonyl (C=O) groups is 2. The van der Waals surface area contributed by atoms with Gasteiger partial charge in [0.1, 0.15) is 0 Å². The first-order chi connectivity index (χ1) is 8.85. The average Bonchev–Trinajstić information content (AvgIpc) is 2.36. The predicted octanol–water partition coefficient (Wildman–Crippen LogP) is 2.57. The third-order valence-electron chi connectivity index (χ3n) is 2.24. The van der Waals surface area contributed by atoms with Crippen molar-refractivity contribution in [1.29, 1.82) is 5.26 Å². The van der Waals surface area contributed by atoms with Crippen molar-refractivity contribution < 1.29 is 27.5 Å². The quantitative estimate of drug-likeness (QED) is 0.626. The van der Waals surface area contributed by atoms with E-state index in [4.69, 9.17) is 5.26 Å². The van der Waals surface area contributed by atoms with Crippen LogP contribution in [-0.2, 0) is 10.9 Å². The molecule has 100 valence electrons. The van der Waals surface area contributed by atoms with Crippen molar-refractivity contribution in [1.82, 2.24) is 0 Å². The van der Waals surface area contributed by atoms with Gasteiger partial charge in [-0.3, -0.25) is 4.79 Å². The standard InChI is InChI=1S/C12H8F3NO3/c1-2-19-11(18)9-4-8(12(13,14)15)3-7(5-16)10(9)6-17/h3-4,6H,2H2,1H3. The van der Waals surface area contributed by atoms with Crippen molar-refractivity contribution in [2.75, 3.05) is 6.61 Å². The van der Waals surface area contributed by atoms with Crippen LogP contribution in [0, 0.1) is 11.3 Å². The lowest BCUT2D eigenvalue weighted by molar-refractivity contribution is -0.137. The molecule has 0 aliphatic heterocycles. The normalized spacial score (nSPS) is 10.7. The van der Waals surface area contributed by atoms with Gasteiger partial charge in [-0.1, -0.05) is 0 Å². The van der Waals surface area contributed by atoms with Gasteiger partial charge in [-0.25, -0.2) is 4.79 Å². The molecule has 0 heterocycles. The number of nitriles is 1. The van der Waals surface area contributed by atoms with Crippen LogP contribution >= 0.6 is 0 Å². The molecule has 0 aliphatic rings. The van der Waals surface area contributed by atoms with Crippen LogP contribution in [0.15, 0.2) is 12.1 Å². The largest absolute Gasteiger partial charge is 0.462 e. The molecule has 0 unspecified atom stereocenters. The van der Waals surface area contributed by atoms with E-state index in [1.807, 2.05) is 0 Å². The fourth-order valence-corrected chi connectivity index (χ4v) is 1.41. The van der Waals surface area contributed by atoms with Crippen molar-refractivity contribution in [3.8, 4) is 6.07 Å². The zero-order chi connectivity index (χ0) is 14.6. The van der Waals surface area contributed by atoms with Gasteiger partial charge in [0.25, 0.3) is 0 Å². The number of esters is 1. The van der Waals surface area contributed by atoms with E-state index in [1.54, 1.807) is 0 Å². The predicted molar refractivity (Wildman–Crippen MR) is 57.5 cm³/mol. The molecule has 1 rings (SSSR count). The second-order valence-corrected chi connectivity index (χ2v) is 3.43. The van der Waals surface area contributed by atoms with E-state index >= 15 is 0 Å². The molecule has 0 fully saturated rings. The zero-order valence-corrected chi connectivity index (χ0v) is 9.75. The number of halogens is 3. The number of rotatable bonds is 3. The smallest absolute Gasteiger partial charge is 0.416 e. The van der Waals surface area contributed by atoms with Gasteiger partial charge in [0.15, 0.2) is 6.29 Å². The number of ether oxygens (including phenoxy) is 1. The van der Waals surface area contributed by atoms with Gasteiger partial charge in [-0.15, -0.1) is 0 Å². The highest BCUT2D eigenvalue weighted by atomic mass is 19.4. The number of benzene rings is 1. The molecule has 0 amide bonds. The number of carbonyl (C=O) groups excluding carboxylic acids is 2. The van der Waals surface area contributed by atoms with E-state index in [0.29, 0.717) is 12.1 Å². The van der Waals surface area contributed by atoms with Crippen molar-refractivity contribution in [2.45, 2.75) is 13.1 Å². The molecule has 0 saturated carbocycles. The first kappa shape index (κ1) is 14.7. The van der Waals surface area contributed by atoms with Crippen molar-refractivity contribution in [3.63, 3.8) is 0 Å². The lowest BCUT2D eigenvalue weighted by Crippen LogP contribution is -2.14. The molecule has 0 aliphatic carbocycles. The molecule has 1 aromatic rings. The topological polar surface area (TPSA) is 67.2 Å². The maximum Gasteiger partial charge on any atom is 0.416 e. The number of alkyl halides is 3. The van der Waals surface area contributed by atoms with Gasteiger partial charge in [0.05, 0.1) is 29.4 Å². The molecule has 19 heavy (non-hydrogen) atoms. The summed E-state index contributed by atoms with van der Waals surface area (Å²) in [4.78, 5) is 22.4. The van der Waals surface area contributed by atoms with E-state index in [-0.39, 0.29) is 12.9 Å². The number of hydrogen-bond donors (Lipinski definition) is 0. The summed E-state index contributed by atoms with van der Waals surface area (Å²) in [6.45, 7) is 1.41. The lowest BCUT2D eigenvalue weighted by Gasteiger charge is -2.11. The van der Waals surface area contributed by atoms with Crippen LogP contribution in [0.2, 0.25) is 0 Å². The Morgan fingerprint density at radius 3 is 2.53 bits per heavy atom. The summed E-state index contributed by atoms with van der Waals surface area (Å²) in [5.74, 6) is -1.08. The zero-order valence-electron chi connectivity index (χ0n) is 9.75. The molecule has 0 atom stereocenters. The highest BCUT2D eigenvalue weighted by Gasteiger charge is 2.33. The Balaban J connectivity index is 3.54. The van der Waals surface area contributed by atoms with Gasteiger partial charge < -0.3 is 4.74 Å². The summed E-state index contributed by atoms with van der Waals surface area (Å²) in [7, 11) is 0. The number of hydrogen-bond acceptors (Lipinski definition) is 4. The summed E-state index contributed by atoms with van der Waals surface area (Å²) in [6.07, 6.45) is -4.57. The lowest BCUT2D eigenvalue weighted by atomic mass is 9.98. The Morgan fingerprint density at radius 2 is 2.11 bits per heavy atom. The molecular formula is C12H8F3NO3. The molecule has 1 aromatic carbocycles. The minimum absolute atomic E-state index is 0.0603. The van der Waals surface area contributed by atoms with E-state index < -0.39 is 34.4 Å². The van der Waals surface area contributed by atoms with Crippen LogP contribution in [0.5, 0.6) is 0 Å².